The van der Waals surface area contributed by atoms with E-state index in [1.54, 1.807) is 0 Å². The Kier molecular flexibility index (Phi) is 7.35. The topological polar surface area (TPSA) is 48.0 Å². The molecule has 0 aromatic heterocycles. The first kappa shape index (κ1) is 25.1. The van der Waals surface area contributed by atoms with E-state index in [9.17, 15) is 4.79 Å². The molecular formula is C26H43NO4Si. The fourth-order valence-electron chi connectivity index (χ4n) is 4.44. The van der Waals surface area contributed by atoms with Gasteiger partial charge in [0, 0.05) is 31.5 Å². The zero-order chi connectivity index (χ0) is 23.7. The van der Waals surface area contributed by atoms with E-state index in [-0.39, 0.29) is 29.3 Å². The standard InChI is InChI=1S/C26H43NO4Si/c1-25(2,3)31-24(28)27-20-12-13-21(27)18-23(17-20)30-22-11-9-10-19(16-22)14-15-29-32(7,8)26(4,5)6/h9-11,16,20-21,23H,12-15,17-18H2,1-8H3/t20-,21+,23+. The molecule has 6 heteroatoms. The molecule has 0 N–H and O–H groups in total. The van der Waals surface area contributed by atoms with Crippen molar-refractivity contribution in [3.05, 3.63) is 29.8 Å². The number of amides is 1. The van der Waals surface area contributed by atoms with Gasteiger partial charge in [-0.15, -0.1) is 0 Å². The van der Waals surface area contributed by atoms with E-state index in [2.05, 4.69) is 52.1 Å². The Labute approximate surface area is 195 Å². The van der Waals surface area contributed by atoms with Gasteiger partial charge in [0.25, 0.3) is 0 Å². The minimum atomic E-state index is -1.72. The summed E-state index contributed by atoms with van der Waals surface area (Å²) in [6, 6.07) is 8.85. The van der Waals surface area contributed by atoms with Crippen molar-refractivity contribution in [3.8, 4) is 5.75 Å². The summed E-state index contributed by atoms with van der Waals surface area (Å²) in [5, 5.41) is 0.228. The number of carbonyl (C=O) groups excluding carboxylic acids is 1. The Bertz CT molecular complexity index is 782. The third-order valence-electron chi connectivity index (χ3n) is 7.16. The zero-order valence-electron chi connectivity index (χ0n) is 21.4. The number of hydrogen-bond donors (Lipinski definition) is 0. The van der Waals surface area contributed by atoms with Gasteiger partial charge in [0.05, 0.1) is 0 Å². The number of carbonyl (C=O) groups is 1. The molecule has 0 radical (unpaired) electrons. The van der Waals surface area contributed by atoms with Gasteiger partial charge in [-0.2, -0.15) is 0 Å². The quantitative estimate of drug-likeness (QED) is 0.450. The predicted molar refractivity (Wildman–Crippen MR) is 132 cm³/mol. The number of fused-ring (bicyclic) bond motifs is 2. The predicted octanol–water partition coefficient (Wildman–Crippen LogP) is 6.56. The van der Waals surface area contributed by atoms with Gasteiger partial charge in [-0.05, 0) is 75.9 Å². The second kappa shape index (κ2) is 9.38. The summed E-state index contributed by atoms with van der Waals surface area (Å²) in [7, 11) is -1.72. The van der Waals surface area contributed by atoms with E-state index < -0.39 is 13.9 Å². The number of benzene rings is 1. The Balaban J connectivity index is 1.54. The monoisotopic (exact) mass is 461 g/mol. The second-order valence-electron chi connectivity index (χ2n) is 12.0. The van der Waals surface area contributed by atoms with E-state index in [1.807, 2.05) is 31.7 Å². The van der Waals surface area contributed by atoms with Crippen LogP contribution in [-0.4, -0.2) is 49.7 Å². The normalized spacial score (nSPS) is 23.9. The lowest BCUT2D eigenvalue weighted by molar-refractivity contribution is -0.00707. The molecule has 3 rings (SSSR count). The highest BCUT2D eigenvalue weighted by atomic mass is 28.4. The number of nitrogens with zero attached hydrogens (tertiary/aromatic N) is 1. The summed E-state index contributed by atoms with van der Waals surface area (Å²) in [6.07, 6.45) is 4.68. The number of rotatable bonds is 6. The molecule has 2 fully saturated rings. The molecule has 180 valence electrons. The van der Waals surface area contributed by atoms with E-state index in [4.69, 9.17) is 13.9 Å². The number of hydrogen-bond acceptors (Lipinski definition) is 4. The molecule has 32 heavy (non-hydrogen) atoms. The van der Waals surface area contributed by atoms with Gasteiger partial charge in [-0.1, -0.05) is 32.9 Å². The summed E-state index contributed by atoms with van der Waals surface area (Å²) in [6.45, 7) is 17.9. The van der Waals surface area contributed by atoms with Gasteiger partial charge in [-0.25, -0.2) is 4.79 Å². The fraction of sp³-hybridized carbons (Fsp3) is 0.731. The van der Waals surface area contributed by atoms with Crippen molar-refractivity contribution in [2.24, 2.45) is 0 Å². The first-order chi connectivity index (χ1) is 14.7. The maximum absolute atomic E-state index is 12.7. The average Bonchev–Trinajstić information content (AvgIpc) is 2.91. The van der Waals surface area contributed by atoms with Crippen LogP contribution in [0.5, 0.6) is 5.75 Å². The van der Waals surface area contributed by atoms with Crippen LogP contribution in [0.25, 0.3) is 0 Å². The molecule has 0 aliphatic carbocycles. The fourth-order valence-corrected chi connectivity index (χ4v) is 5.49. The molecular weight excluding hydrogens is 418 g/mol. The van der Waals surface area contributed by atoms with Crippen molar-refractivity contribution >= 4 is 14.4 Å². The van der Waals surface area contributed by atoms with Crippen LogP contribution < -0.4 is 4.74 Å². The molecule has 1 aromatic carbocycles. The van der Waals surface area contributed by atoms with Gasteiger partial charge < -0.3 is 18.8 Å². The van der Waals surface area contributed by atoms with Crippen LogP contribution in [0.3, 0.4) is 0 Å². The Morgan fingerprint density at radius 3 is 2.25 bits per heavy atom. The smallest absolute Gasteiger partial charge is 0.410 e. The minimum absolute atomic E-state index is 0.143. The van der Waals surface area contributed by atoms with Crippen molar-refractivity contribution < 1.29 is 18.7 Å². The van der Waals surface area contributed by atoms with Crippen molar-refractivity contribution in [1.82, 2.24) is 4.90 Å². The molecule has 0 spiro atoms. The van der Waals surface area contributed by atoms with Crippen LogP contribution in [0.15, 0.2) is 24.3 Å². The molecule has 2 bridgehead atoms. The maximum atomic E-state index is 12.7. The highest BCUT2D eigenvalue weighted by Gasteiger charge is 2.45. The van der Waals surface area contributed by atoms with E-state index in [0.717, 1.165) is 44.5 Å². The molecule has 1 amide bonds. The molecule has 2 aliphatic rings. The molecule has 3 atom stereocenters. The van der Waals surface area contributed by atoms with Crippen molar-refractivity contribution in [2.75, 3.05) is 6.61 Å². The minimum Gasteiger partial charge on any atom is -0.490 e. The van der Waals surface area contributed by atoms with Crippen LogP contribution in [0, 0.1) is 0 Å². The van der Waals surface area contributed by atoms with Gasteiger partial charge in [0.2, 0.25) is 0 Å². The third kappa shape index (κ3) is 6.28. The highest BCUT2D eigenvalue weighted by Crippen LogP contribution is 2.39. The van der Waals surface area contributed by atoms with Gasteiger partial charge in [-0.3, -0.25) is 0 Å². The summed E-state index contributed by atoms with van der Waals surface area (Å²) >= 11 is 0. The molecule has 5 nitrogen and oxygen atoms in total. The lowest BCUT2D eigenvalue weighted by Crippen LogP contribution is -2.50. The lowest BCUT2D eigenvalue weighted by Gasteiger charge is -2.39. The van der Waals surface area contributed by atoms with Gasteiger partial charge in [0.15, 0.2) is 8.32 Å². The van der Waals surface area contributed by atoms with E-state index in [0.29, 0.717) is 0 Å². The Morgan fingerprint density at radius 1 is 1.06 bits per heavy atom. The highest BCUT2D eigenvalue weighted by molar-refractivity contribution is 6.74. The average molecular weight is 462 g/mol. The second-order valence-corrected chi connectivity index (χ2v) is 16.8. The third-order valence-corrected chi connectivity index (χ3v) is 11.7. The molecule has 2 heterocycles. The SMILES string of the molecule is CC(C)(C)OC(=O)N1[C@@H]2CC[C@H]1C[C@@H](Oc1cccc(CCO[Si](C)(C)C(C)(C)C)c1)C2. The lowest BCUT2D eigenvalue weighted by atomic mass is 10.00. The van der Waals surface area contributed by atoms with Gasteiger partial charge >= 0.3 is 6.09 Å². The van der Waals surface area contributed by atoms with Crippen molar-refractivity contribution in [3.63, 3.8) is 0 Å². The molecule has 1 aromatic rings. The first-order valence-electron chi connectivity index (χ1n) is 12.2. The Hall–Kier alpha value is -1.53. The van der Waals surface area contributed by atoms with Crippen LogP contribution >= 0.6 is 0 Å². The van der Waals surface area contributed by atoms with E-state index >= 15 is 0 Å². The zero-order valence-corrected chi connectivity index (χ0v) is 22.4. The van der Waals surface area contributed by atoms with Crippen molar-refractivity contribution in [2.45, 2.75) is 116 Å². The van der Waals surface area contributed by atoms with E-state index in [1.165, 1.54) is 5.56 Å². The van der Waals surface area contributed by atoms with Crippen LogP contribution in [0.2, 0.25) is 18.1 Å². The van der Waals surface area contributed by atoms with Crippen LogP contribution in [0.4, 0.5) is 4.79 Å². The van der Waals surface area contributed by atoms with Gasteiger partial charge in [0.1, 0.15) is 17.5 Å². The maximum Gasteiger partial charge on any atom is 0.410 e. The van der Waals surface area contributed by atoms with Crippen LogP contribution in [-0.2, 0) is 15.6 Å². The number of ether oxygens (including phenoxy) is 2. The summed E-state index contributed by atoms with van der Waals surface area (Å²) in [4.78, 5) is 14.6. The molecule has 0 unspecified atom stereocenters. The Morgan fingerprint density at radius 2 is 1.69 bits per heavy atom. The molecule has 0 saturated carbocycles. The summed E-state index contributed by atoms with van der Waals surface area (Å²) in [5.41, 5.74) is 0.786. The summed E-state index contributed by atoms with van der Waals surface area (Å²) in [5.74, 6) is 0.921. The number of piperidine rings is 1. The van der Waals surface area contributed by atoms with Crippen molar-refractivity contribution in [1.29, 1.82) is 0 Å². The van der Waals surface area contributed by atoms with Crippen LogP contribution in [0.1, 0.15) is 72.8 Å². The molecule has 2 saturated heterocycles. The summed E-state index contributed by atoms with van der Waals surface area (Å²) < 4.78 is 18.4. The molecule has 2 aliphatic heterocycles. The first-order valence-corrected chi connectivity index (χ1v) is 15.1. The largest absolute Gasteiger partial charge is 0.490 e.